The van der Waals surface area contributed by atoms with Gasteiger partial charge in [0.15, 0.2) is 0 Å². The SMILES string of the molecule is CC#CC=NN=CC#CC(C)(C)C. The molecule has 2 heteroatoms. The van der Waals surface area contributed by atoms with Crippen LogP contribution in [0.3, 0.4) is 0 Å². The minimum Gasteiger partial charge on any atom is -0.149 e. The highest BCUT2D eigenvalue weighted by Crippen LogP contribution is 2.09. The second-order valence-corrected chi connectivity index (χ2v) is 3.40. The lowest BCUT2D eigenvalue weighted by Gasteiger charge is -2.05. The molecule has 0 aliphatic rings. The van der Waals surface area contributed by atoms with Crippen molar-refractivity contribution >= 4 is 12.4 Å². The van der Waals surface area contributed by atoms with E-state index in [0.717, 1.165) is 0 Å². The van der Waals surface area contributed by atoms with E-state index in [9.17, 15) is 0 Å². The Hall–Kier alpha value is -1.54. The summed E-state index contributed by atoms with van der Waals surface area (Å²) < 4.78 is 0. The summed E-state index contributed by atoms with van der Waals surface area (Å²) in [5.74, 6) is 11.1. The summed E-state index contributed by atoms with van der Waals surface area (Å²) >= 11 is 0. The quantitative estimate of drug-likeness (QED) is 0.330. The highest BCUT2D eigenvalue weighted by Gasteiger charge is 2.02. The van der Waals surface area contributed by atoms with Gasteiger partial charge in [0.05, 0.1) is 12.4 Å². The summed E-state index contributed by atoms with van der Waals surface area (Å²) in [5, 5.41) is 7.33. The molecular formula is C11H14N2. The molecule has 0 rings (SSSR count). The van der Waals surface area contributed by atoms with Crippen molar-refractivity contribution in [2.45, 2.75) is 27.7 Å². The molecule has 0 unspecified atom stereocenters. The van der Waals surface area contributed by atoms with E-state index in [1.54, 1.807) is 6.92 Å². The summed E-state index contributed by atoms with van der Waals surface area (Å²) in [6.07, 6.45) is 2.91. The van der Waals surface area contributed by atoms with Crippen LogP contribution >= 0.6 is 0 Å². The van der Waals surface area contributed by atoms with Crippen LogP contribution in [0.15, 0.2) is 10.2 Å². The molecule has 0 saturated heterocycles. The van der Waals surface area contributed by atoms with Gasteiger partial charge in [-0.3, -0.25) is 0 Å². The second-order valence-electron chi connectivity index (χ2n) is 3.40. The van der Waals surface area contributed by atoms with E-state index < -0.39 is 0 Å². The fraction of sp³-hybridized carbons (Fsp3) is 0.455. The molecule has 0 aromatic heterocycles. The summed E-state index contributed by atoms with van der Waals surface area (Å²) in [5.41, 5.74) is 0.0129. The third-order valence-electron chi connectivity index (χ3n) is 0.903. The van der Waals surface area contributed by atoms with Gasteiger partial charge in [0, 0.05) is 5.41 Å². The summed E-state index contributed by atoms with van der Waals surface area (Å²) in [6, 6.07) is 0. The van der Waals surface area contributed by atoms with Gasteiger partial charge >= 0.3 is 0 Å². The van der Waals surface area contributed by atoms with Gasteiger partial charge < -0.3 is 0 Å². The van der Waals surface area contributed by atoms with Crippen LogP contribution in [0, 0.1) is 29.1 Å². The van der Waals surface area contributed by atoms with E-state index in [2.05, 4.69) is 33.9 Å². The molecule has 0 bridgehead atoms. The highest BCUT2D eigenvalue weighted by molar-refractivity contribution is 5.81. The Morgan fingerprint density at radius 2 is 1.54 bits per heavy atom. The van der Waals surface area contributed by atoms with Crippen LogP contribution in [-0.4, -0.2) is 12.4 Å². The topological polar surface area (TPSA) is 24.7 Å². The van der Waals surface area contributed by atoms with Gasteiger partial charge in [-0.2, -0.15) is 0 Å². The molecule has 0 aliphatic heterocycles. The second kappa shape index (κ2) is 6.03. The fourth-order valence-electron chi connectivity index (χ4n) is 0.438. The van der Waals surface area contributed by atoms with E-state index in [4.69, 9.17) is 0 Å². The highest BCUT2D eigenvalue weighted by atomic mass is 15.2. The normalized spacial score (nSPS) is 10.8. The van der Waals surface area contributed by atoms with Crippen molar-refractivity contribution < 1.29 is 0 Å². The number of nitrogens with zero attached hydrogens (tertiary/aromatic N) is 2. The van der Waals surface area contributed by atoms with Crippen molar-refractivity contribution in [3.05, 3.63) is 0 Å². The maximum absolute atomic E-state index is 3.68. The van der Waals surface area contributed by atoms with E-state index >= 15 is 0 Å². The molecule has 0 atom stereocenters. The standard InChI is InChI=1S/C11H14N2/c1-5-6-9-12-13-10-7-8-11(2,3)4/h9-10H,1-4H3. The lowest BCUT2D eigenvalue weighted by Crippen LogP contribution is -1.99. The van der Waals surface area contributed by atoms with Crippen LogP contribution in [0.4, 0.5) is 0 Å². The maximum Gasteiger partial charge on any atom is 0.0994 e. The molecule has 0 aliphatic carbocycles. The molecule has 0 fully saturated rings. The summed E-state index contributed by atoms with van der Waals surface area (Å²) in [4.78, 5) is 0. The zero-order valence-electron chi connectivity index (χ0n) is 8.55. The Balaban J connectivity index is 3.98. The van der Waals surface area contributed by atoms with Crippen molar-refractivity contribution in [3.63, 3.8) is 0 Å². The predicted octanol–water partition coefficient (Wildman–Crippen LogP) is 2.12. The molecule has 0 amide bonds. The first-order valence-corrected chi connectivity index (χ1v) is 4.04. The Morgan fingerprint density at radius 1 is 1.00 bits per heavy atom. The Morgan fingerprint density at radius 3 is 2.00 bits per heavy atom. The van der Waals surface area contributed by atoms with Crippen LogP contribution < -0.4 is 0 Å². The lowest BCUT2D eigenvalue weighted by atomic mass is 9.98. The fourth-order valence-corrected chi connectivity index (χ4v) is 0.438. The minimum atomic E-state index is 0.0129. The van der Waals surface area contributed by atoms with Crippen molar-refractivity contribution in [2.75, 3.05) is 0 Å². The number of rotatable bonds is 1. The smallest absolute Gasteiger partial charge is 0.0994 e. The molecule has 2 nitrogen and oxygen atoms in total. The van der Waals surface area contributed by atoms with Crippen molar-refractivity contribution in [1.82, 2.24) is 0 Å². The van der Waals surface area contributed by atoms with Crippen molar-refractivity contribution in [2.24, 2.45) is 15.6 Å². The summed E-state index contributed by atoms with van der Waals surface area (Å²) in [6.45, 7) is 7.87. The van der Waals surface area contributed by atoms with E-state index in [0.29, 0.717) is 0 Å². The molecule has 0 aromatic carbocycles. The molecule has 0 radical (unpaired) electrons. The first-order chi connectivity index (χ1) is 6.06. The van der Waals surface area contributed by atoms with E-state index in [1.807, 2.05) is 20.8 Å². The summed E-state index contributed by atoms with van der Waals surface area (Å²) in [7, 11) is 0. The first kappa shape index (κ1) is 11.5. The Labute approximate surface area is 80.1 Å². The monoisotopic (exact) mass is 174 g/mol. The molecule has 0 heterocycles. The third kappa shape index (κ3) is 10.5. The van der Waals surface area contributed by atoms with Gasteiger partial charge in [0.1, 0.15) is 0 Å². The van der Waals surface area contributed by atoms with Crippen LogP contribution in [0.5, 0.6) is 0 Å². The molecule has 68 valence electrons. The van der Waals surface area contributed by atoms with Gasteiger partial charge in [0.25, 0.3) is 0 Å². The Bertz CT molecular complexity index is 308. The van der Waals surface area contributed by atoms with Gasteiger partial charge in [-0.1, -0.05) is 17.8 Å². The van der Waals surface area contributed by atoms with Crippen LogP contribution in [0.1, 0.15) is 27.7 Å². The van der Waals surface area contributed by atoms with Crippen LogP contribution in [-0.2, 0) is 0 Å². The largest absolute Gasteiger partial charge is 0.149 e. The molecule has 0 N–H and O–H groups in total. The average Bonchev–Trinajstić information content (AvgIpc) is 2.01. The molecular weight excluding hydrogens is 160 g/mol. The van der Waals surface area contributed by atoms with Crippen LogP contribution in [0.2, 0.25) is 0 Å². The zero-order valence-corrected chi connectivity index (χ0v) is 8.55. The first-order valence-electron chi connectivity index (χ1n) is 4.04. The lowest BCUT2D eigenvalue weighted by molar-refractivity contribution is 0.571. The molecule has 0 aromatic rings. The third-order valence-corrected chi connectivity index (χ3v) is 0.903. The molecule has 13 heavy (non-hydrogen) atoms. The number of hydrogen-bond acceptors (Lipinski definition) is 2. The van der Waals surface area contributed by atoms with E-state index in [-0.39, 0.29) is 5.41 Å². The molecule has 0 spiro atoms. The van der Waals surface area contributed by atoms with Crippen molar-refractivity contribution in [1.29, 1.82) is 0 Å². The minimum absolute atomic E-state index is 0.0129. The van der Waals surface area contributed by atoms with E-state index in [1.165, 1.54) is 12.4 Å². The van der Waals surface area contributed by atoms with Gasteiger partial charge in [-0.05, 0) is 27.7 Å². The molecule has 0 saturated carbocycles. The van der Waals surface area contributed by atoms with Gasteiger partial charge in [-0.25, -0.2) is 0 Å². The van der Waals surface area contributed by atoms with Crippen LogP contribution in [0.25, 0.3) is 0 Å². The maximum atomic E-state index is 3.68. The average molecular weight is 174 g/mol. The van der Waals surface area contributed by atoms with Gasteiger partial charge in [-0.15, -0.1) is 16.1 Å². The Kier molecular flexibility index (Phi) is 5.32. The van der Waals surface area contributed by atoms with Crippen molar-refractivity contribution in [3.8, 4) is 23.7 Å². The predicted molar refractivity (Wildman–Crippen MR) is 57.7 cm³/mol. The van der Waals surface area contributed by atoms with Gasteiger partial charge in [0.2, 0.25) is 0 Å². The zero-order chi connectivity index (χ0) is 10.2. The number of hydrogen-bond donors (Lipinski definition) is 0.